The lowest BCUT2D eigenvalue weighted by atomic mass is 9.78. The largest absolute Gasteiger partial charge is 0.463 e. The molecule has 0 unspecified atom stereocenters. The Bertz CT molecular complexity index is 950. The topological polar surface area (TPSA) is 35.5 Å². The third-order valence-electron chi connectivity index (χ3n) is 5.88. The normalized spacial score (nSPS) is 21.1. The molecule has 0 spiro atoms. The Labute approximate surface area is 192 Å². The summed E-state index contributed by atoms with van der Waals surface area (Å²) in [7, 11) is 0. The average molecular weight is 479 g/mol. The first kappa shape index (κ1) is 21.8. The van der Waals surface area contributed by atoms with Gasteiger partial charge in [-0.05, 0) is 35.1 Å². The van der Waals surface area contributed by atoms with Gasteiger partial charge in [0.05, 0.1) is 6.10 Å². The number of benzene rings is 3. The summed E-state index contributed by atoms with van der Waals surface area (Å²) in [5.41, 5.74) is 5.15. The number of alkyl halides is 1. The zero-order valence-electron chi connectivity index (χ0n) is 17.6. The molecule has 3 aromatic carbocycles. The van der Waals surface area contributed by atoms with E-state index in [9.17, 15) is 4.79 Å². The third kappa shape index (κ3) is 5.25. The van der Waals surface area contributed by atoms with Crippen LogP contribution < -0.4 is 0 Å². The highest BCUT2D eigenvalue weighted by atomic mass is 79.9. The van der Waals surface area contributed by atoms with Crippen LogP contribution in [-0.4, -0.2) is 23.7 Å². The number of hydrogen-bond donors (Lipinski definition) is 0. The van der Waals surface area contributed by atoms with E-state index in [0.717, 1.165) is 12.8 Å². The summed E-state index contributed by atoms with van der Waals surface area (Å²) < 4.78 is 11.4. The molecule has 0 aromatic heterocycles. The van der Waals surface area contributed by atoms with E-state index in [1.165, 1.54) is 29.2 Å². The van der Waals surface area contributed by atoms with Gasteiger partial charge in [-0.3, -0.25) is 4.79 Å². The molecule has 4 rings (SSSR count). The van der Waals surface area contributed by atoms with Crippen molar-refractivity contribution < 1.29 is 14.3 Å². The van der Waals surface area contributed by atoms with Crippen molar-refractivity contribution in [2.45, 2.75) is 42.7 Å². The molecule has 3 aromatic rings. The maximum atomic E-state index is 11.2. The van der Waals surface area contributed by atoms with Crippen LogP contribution in [-0.2, 0) is 14.3 Å². The number of rotatable bonds is 6. The van der Waals surface area contributed by atoms with E-state index in [2.05, 4.69) is 101 Å². The van der Waals surface area contributed by atoms with E-state index < -0.39 is 0 Å². The van der Waals surface area contributed by atoms with Gasteiger partial charge in [0.1, 0.15) is 11.6 Å². The van der Waals surface area contributed by atoms with Gasteiger partial charge in [0.15, 0.2) is 0 Å². The minimum absolute atomic E-state index is 0.0734. The van der Waals surface area contributed by atoms with Crippen LogP contribution in [0.4, 0.5) is 0 Å². The van der Waals surface area contributed by atoms with Crippen LogP contribution >= 0.6 is 15.9 Å². The number of ether oxygens (including phenoxy) is 2. The number of hydrogen-bond acceptors (Lipinski definition) is 3. The van der Waals surface area contributed by atoms with Crippen LogP contribution in [0.1, 0.15) is 53.9 Å². The Morgan fingerprint density at radius 2 is 1.52 bits per heavy atom. The highest BCUT2D eigenvalue weighted by Crippen LogP contribution is 2.42. The third-order valence-corrected chi connectivity index (χ3v) is 6.74. The van der Waals surface area contributed by atoms with Gasteiger partial charge in [0.2, 0.25) is 0 Å². The molecule has 4 heteroatoms. The lowest BCUT2D eigenvalue weighted by molar-refractivity contribution is -0.147. The first-order chi connectivity index (χ1) is 15.1. The second kappa shape index (κ2) is 10.3. The van der Waals surface area contributed by atoms with Crippen LogP contribution in [0.25, 0.3) is 0 Å². The molecule has 1 aliphatic heterocycles. The molecule has 0 aliphatic carbocycles. The van der Waals surface area contributed by atoms with Gasteiger partial charge >= 0.3 is 5.97 Å². The summed E-state index contributed by atoms with van der Waals surface area (Å²) in [6.07, 6.45) is 1.75. The molecule has 3 nitrogen and oxygen atoms in total. The monoisotopic (exact) mass is 478 g/mol. The Morgan fingerprint density at radius 1 is 0.935 bits per heavy atom. The second-order valence-corrected chi connectivity index (χ2v) is 8.88. The predicted octanol–water partition coefficient (Wildman–Crippen LogP) is 6.41. The number of esters is 1. The van der Waals surface area contributed by atoms with Gasteiger partial charge in [-0.2, -0.15) is 0 Å². The average Bonchev–Trinajstić information content (AvgIpc) is 2.80. The number of carbonyl (C=O) groups excluding carboxylic acids is 1. The van der Waals surface area contributed by atoms with Crippen molar-refractivity contribution in [3.05, 3.63) is 107 Å². The van der Waals surface area contributed by atoms with Gasteiger partial charge in [-0.25, -0.2) is 0 Å². The molecule has 31 heavy (non-hydrogen) atoms. The summed E-state index contributed by atoms with van der Waals surface area (Å²) in [6, 6.07) is 30.0. The van der Waals surface area contributed by atoms with E-state index in [1.807, 2.05) is 0 Å². The molecule has 160 valence electrons. The quantitative estimate of drug-likeness (QED) is 0.233. The molecule has 0 saturated carbocycles. The molecular formula is C27H27BrO3. The number of carbonyl (C=O) groups is 1. The standard InChI is InChI=1S/C27H27BrO3/c1-19(29)30-18-22-16-17-25(27(28)31-22)23-14-8-9-15-24(23)26(20-10-4-2-5-11-20)21-12-6-3-7-13-21/h2-15,22,25-27H,16-18H2,1H3/t22-,25-,27+/m1/s1. The summed E-state index contributed by atoms with van der Waals surface area (Å²) in [5, 5.41) is -0.129. The molecule has 0 amide bonds. The molecule has 1 aliphatic rings. The molecule has 0 bridgehead atoms. The van der Waals surface area contributed by atoms with Crippen LogP contribution in [0.3, 0.4) is 0 Å². The summed E-state index contributed by atoms with van der Waals surface area (Å²) in [5.74, 6) is 0.104. The summed E-state index contributed by atoms with van der Waals surface area (Å²) in [4.78, 5) is 11.2. The Hall–Kier alpha value is -2.43. The summed E-state index contributed by atoms with van der Waals surface area (Å²) in [6.45, 7) is 1.74. The van der Waals surface area contributed by atoms with E-state index >= 15 is 0 Å². The van der Waals surface area contributed by atoms with E-state index in [0.29, 0.717) is 6.61 Å². The maximum absolute atomic E-state index is 11.2. The fourth-order valence-corrected chi connectivity index (χ4v) is 5.28. The van der Waals surface area contributed by atoms with Crippen LogP contribution in [0.15, 0.2) is 84.9 Å². The van der Waals surface area contributed by atoms with E-state index in [-0.39, 0.29) is 28.9 Å². The van der Waals surface area contributed by atoms with Crippen molar-refractivity contribution in [3.63, 3.8) is 0 Å². The predicted molar refractivity (Wildman–Crippen MR) is 126 cm³/mol. The van der Waals surface area contributed by atoms with Crippen molar-refractivity contribution in [2.24, 2.45) is 0 Å². The van der Waals surface area contributed by atoms with Gasteiger partial charge in [0.25, 0.3) is 0 Å². The minimum atomic E-state index is -0.268. The molecule has 0 N–H and O–H groups in total. The molecular weight excluding hydrogens is 452 g/mol. The van der Waals surface area contributed by atoms with Gasteiger partial charge < -0.3 is 9.47 Å². The van der Waals surface area contributed by atoms with Gasteiger partial charge in [-0.1, -0.05) is 101 Å². The van der Waals surface area contributed by atoms with Crippen molar-refractivity contribution in [3.8, 4) is 0 Å². The Kier molecular flexibility index (Phi) is 7.21. The zero-order chi connectivity index (χ0) is 21.6. The van der Waals surface area contributed by atoms with E-state index in [1.54, 1.807) is 0 Å². The highest BCUT2D eigenvalue weighted by molar-refractivity contribution is 9.09. The first-order valence-electron chi connectivity index (χ1n) is 10.7. The van der Waals surface area contributed by atoms with Crippen molar-refractivity contribution in [1.29, 1.82) is 0 Å². The molecule has 1 heterocycles. The molecule has 1 saturated heterocycles. The van der Waals surface area contributed by atoms with Crippen molar-refractivity contribution >= 4 is 21.9 Å². The molecule has 0 radical (unpaired) electrons. The van der Waals surface area contributed by atoms with Crippen molar-refractivity contribution in [1.82, 2.24) is 0 Å². The zero-order valence-corrected chi connectivity index (χ0v) is 19.2. The fourth-order valence-electron chi connectivity index (χ4n) is 4.43. The smallest absolute Gasteiger partial charge is 0.302 e. The molecule has 1 fully saturated rings. The lowest BCUT2D eigenvalue weighted by Crippen LogP contribution is -2.34. The maximum Gasteiger partial charge on any atom is 0.302 e. The second-order valence-electron chi connectivity index (χ2n) is 7.98. The number of halogens is 1. The van der Waals surface area contributed by atoms with Crippen LogP contribution in [0.2, 0.25) is 0 Å². The SMILES string of the molecule is CC(=O)OC[C@H]1CC[C@H](c2ccccc2C(c2ccccc2)c2ccccc2)[C@@H](Br)O1. The first-order valence-corrected chi connectivity index (χ1v) is 11.7. The minimum Gasteiger partial charge on any atom is -0.463 e. The fraction of sp³-hybridized carbons (Fsp3) is 0.296. The van der Waals surface area contributed by atoms with Crippen molar-refractivity contribution in [2.75, 3.05) is 6.61 Å². The van der Waals surface area contributed by atoms with E-state index in [4.69, 9.17) is 9.47 Å². The lowest BCUT2D eigenvalue weighted by Gasteiger charge is -2.35. The Morgan fingerprint density at radius 3 is 2.10 bits per heavy atom. The molecule has 3 atom stereocenters. The van der Waals surface area contributed by atoms with Gasteiger partial charge in [-0.15, -0.1) is 0 Å². The van der Waals surface area contributed by atoms with Gasteiger partial charge in [0, 0.05) is 18.8 Å². The van der Waals surface area contributed by atoms with Crippen LogP contribution in [0.5, 0.6) is 0 Å². The van der Waals surface area contributed by atoms with Crippen LogP contribution in [0, 0.1) is 0 Å². The summed E-state index contributed by atoms with van der Waals surface area (Å²) >= 11 is 3.77. The highest BCUT2D eigenvalue weighted by Gasteiger charge is 2.33. The Balaban J connectivity index is 1.67.